The monoisotopic (exact) mass is 399 g/mol. The zero-order valence-electron chi connectivity index (χ0n) is 16.4. The van der Waals surface area contributed by atoms with Crippen LogP contribution in [-0.2, 0) is 0 Å². The largest absolute Gasteiger partial charge is 0.383 e. The molecule has 0 amide bonds. The lowest BCUT2D eigenvalue weighted by atomic mass is 9.96. The predicted octanol–water partition coefficient (Wildman–Crippen LogP) is 5.07. The quantitative estimate of drug-likeness (QED) is 0.622. The van der Waals surface area contributed by atoms with Crippen molar-refractivity contribution in [2.75, 3.05) is 23.7 Å². The number of anilines is 2. The minimum atomic E-state index is 0.132. The van der Waals surface area contributed by atoms with Gasteiger partial charge in [0.05, 0.1) is 5.56 Å². The summed E-state index contributed by atoms with van der Waals surface area (Å²) < 4.78 is 0. The molecule has 3 rings (SSSR count). The Morgan fingerprint density at radius 1 is 0.931 bits per heavy atom. The van der Waals surface area contributed by atoms with Crippen molar-refractivity contribution in [2.24, 2.45) is 0 Å². The molecule has 0 atom stereocenters. The minimum absolute atomic E-state index is 0.132. The Morgan fingerprint density at radius 3 is 2.10 bits per heavy atom. The first kappa shape index (κ1) is 20.3. The molecule has 6 heteroatoms. The Morgan fingerprint density at radius 2 is 1.55 bits per heavy atom. The molecule has 5 nitrogen and oxygen atoms in total. The van der Waals surface area contributed by atoms with E-state index in [-0.39, 0.29) is 11.4 Å². The molecule has 144 valence electrons. The molecule has 1 heterocycles. The maximum Gasteiger partial charge on any atom is 0.143 e. The third-order valence-corrected chi connectivity index (χ3v) is 5.65. The highest BCUT2D eigenvalue weighted by molar-refractivity contribution is 7.99. The van der Waals surface area contributed by atoms with E-state index in [9.17, 15) is 10.5 Å². The van der Waals surface area contributed by atoms with Crippen LogP contribution in [0.4, 0.5) is 11.5 Å². The lowest BCUT2D eigenvalue weighted by molar-refractivity contribution is 0.866. The summed E-state index contributed by atoms with van der Waals surface area (Å²) in [6.45, 7) is 6.02. The van der Waals surface area contributed by atoms with Crippen LogP contribution >= 0.6 is 11.8 Å². The van der Waals surface area contributed by atoms with Crippen LogP contribution in [0.1, 0.15) is 25.0 Å². The molecule has 2 aromatic carbocycles. The molecule has 1 aromatic heterocycles. The van der Waals surface area contributed by atoms with Crippen molar-refractivity contribution in [1.29, 1.82) is 10.5 Å². The third-order valence-electron chi connectivity index (χ3n) is 4.66. The van der Waals surface area contributed by atoms with Gasteiger partial charge < -0.3 is 10.6 Å². The first-order valence-electron chi connectivity index (χ1n) is 9.34. The van der Waals surface area contributed by atoms with E-state index in [2.05, 4.69) is 35.9 Å². The lowest BCUT2D eigenvalue weighted by Crippen LogP contribution is -2.21. The smallest absolute Gasteiger partial charge is 0.143 e. The molecule has 0 bridgehead atoms. The van der Waals surface area contributed by atoms with Crippen LogP contribution in [0.5, 0.6) is 0 Å². The third kappa shape index (κ3) is 4.18. The summed E-state index contributed by atoms with van der Waals surface area (Å²) in [4.78, 5) is 7.54. The van der Waals surface area contributed by atoms with Crippen molar-refractivity contribution < 1.29 is 0 Å². The van der Waals surface area contributed by atoms with E-state index in [0.29, 0.717) is 16.2 Å². The molecule has 0 aliphatic carbocycles. The first-order valence-corrected chi connectivity index (χ1v) is 10.2. The first-order chi connectivity index (χ1) is 14.1. The molecule has 0 saturated carbocycles. The fourth-order valence-corrected chi connectivity index (χ4v) is 4.10. The summed E-state index contributed by atoms with van der Waals surface area (Å²) in [6.07, 6.45) is 0. The average molecular weight is 400 g/mol. The molecule has 29 heavy (non-hydrogen) atoms. The molecule has 0 saturated heterocycles. The van der Waals surface area contributed by atoms with Crippen LogP contribution in [0, 0.1) is 22.7 Å². The highest BCUT2D eigenvalue weighted by Gasteiger charge is 2.21. The van der Waals surface area contributed by atoms with Gasteiger partial charge in [-0.25, -0.2) is 4.98 Å². The second-order valence-electron chi connectivity index (χ2n) is 6.29. The number of aromatic nitrogens is 1. The topological polar surface area (TPSA) is 89.7 Å². The highest BCUT2D eigenvalue weighted by Crippen LogP contribution is 2.38. The SMILES string of the molecule is CCN(CC)c1ccc(-c2c(C#N)c(N)nc(Sc3ccccc3)c2C#N)cc1. The number of benzene rings is 2. The molecule has 0 unspecified atom stereocenters. The zero-order chi connectivity index (χ0) is 20.8. The van der Waals surface area contributed by atoms with Crippen LogP contribution in [-0.4, -0.2) is 18.1 Å². The molecule has 2 N–H and O–H groups in total. The Hall–Kier alpha value is -3.48. The van der Waals surface area contributed by atoms with Crippen molar-refractivity contribution in [3.05, 3.63) is 65.7 Å². The van der Waals surface area contributed by atoms with Crippen molar-refractivity contribution in [3.8, 4) is 23.3 Å². The molecule has 0 radical (unpaired) electrons. The van der Waals surface area contributed by atoms with E-state index in [0.717, 1.165) is 29.2 Å². The van der Waals surface area contributed by atoms with Crippen molar-refractivity contribution in [1.82, 2.24) is 4.98 Å². The number of hydrogen-bond acceptors (Lipinski definition) is 6. The van der Waals surface area contributed by atoms with Gasteiger partial charge in [-0.1, -0.05) is 42.1 Å². The van der Waals surface area contributed by atoms with Gasteiger partial charge in [-0.05, 0) is 43.7 Å². The minimum Gasteiger partial charge on any atom is -0.383 e. The van der Waals surface area contributed by atoms with Crippen LogP contribution in [0.3, 0.4) is 0 Å². The van der Waals surface area contributed by atoms with Crippen LogP contribution < -0.4 is 10.6 Å². The summed E-state index contributed by atoms with van der Waals surface area (Å²) in [6, 6.07) is 21.9. The van der Waals surface area contributed by atoms with Gasteiger partial charge in [-0.15, -0.1) is 0 Å². The molecule has 0 aliphatic heterocycles. The second kappa shape index (κ2) is 9.14. The van der Waals surface area contributed by atoms with Crippen LogP contribution in [0.2, 0.25) is 0 Å². The van der Waals surface area contributed by atoms with E-state index < -0.39 is 0 Å². The number of rotatable bonds is 6. The molecular weight excluding hydrogens is 378 g/mol. The summed E-state index contributed by atoms with van der Waals surface area (Å²) >= 11 is 1.37. The van der Waals surface area contributed by atoms with Gasteiger partial charge in [-0.2, -0.15) is 10.5 Å². The van der Waals surface area contributed by atoms with Crippen molar-refractivity contribution >= 4 is 23.3 Å². The van der Waals surface area contributed by atoms with E-state index in [4.69, 9.17) is 5.73 Å². The number of nitriles is 2. The standard InChI is InChI=1S/C23H21N5S/c1-3-28(4-2)17-12-10-16(11-13-17)21-19(14-24)22(26)27-23(20(21)15-25)29-18-8-6-5-7-9-18/h5-13H,3-4H2,1-2H3,(H2,26,27). The van der Waals surface area contributed by atoms with E-state index in [1.54, 1.807) is 0 Å². The van der Waals surface area contributed by atoms with Crippen LogP contribution in [0.15, 0.2) is 64.5 Å². The average Bonchev–Trinajstić information content (AvgIpc) is 2.75. The Labute approximate surface area is 175 Å². The lowest BCUT2D eigenvalue weighted by Gasteiger charge is -2.21. The van der Waals surface area contributed by atoms with Gasteiger partial charge in [0, 0.05) is 29.2 Å². The number of nitrogen functional groups attached to an aromatic ring is 1. The molecule has 0 fully saturated rings. The molecule has 3 aromatic rings. The Balaban J connectivity index is 2.14. The number of nitrogens with two attached hydrogens (primary N) is 1. The highest BCUT2D eigenvalue weighted by atomic mass is 32.2. The maximum absolute atomic E-state index is 9.91. The zero-order valence-corrected chi connectivity index (χ0v) is 17.2. The summed E-state index contributed by atoms with van der Waals surface area (Å²) in [5.74, 6) is 0.132. The van der Waals surface area contributed by atoms with Gasteiger partial charge in [0.2, 0.25) is 0 Å². The van der Waals surface area contributed by atoms with Crippen molar-refractivity contribution in [3.63, 3.8) is 0 Å². The fraction of sp³-hybridized carbons (Fsp3) is 0.174. The predicted molar refractivity (Wildman–Crippen MR) is 118 cm³/mol. The number of nitrogens with zero attached hydrogens (tertiary/aromatic N) is 4. The van der Waals surface area contributed by atoms with Crippen molar-refractivity contribution in [2.45, 2.75) is 23.8 Å². The molecule has 0 spiro atoms. The molecule has 0 aliphatic rings. The normalized spacial score (nSPS) is 10.2. The summed E-state index contributed by atoms with van der Waals surface area (Å²) in [7, 11) is 0. The van der Waals surface area contributed by atoms with E-state index in [1.165, 1.54) is 11.8 Å². The number of pyridine rings is 1. The summed E-state index contributed by atoms with van der Waals surface area (Å²) in [5, 5.41) is 20.1. The Bertz CT molecular complexity index is 1080. The van der Waals surface area contributed by atoms with Gasteiger partial charge in [0.1, 0.15) is 28.5 Å². The number of hydrogen-bond donors (Lipinski definition) is 1. The summed E-state index contributed by atoms with van der Waals surface area (Å²) in [5.41, 5.74) is 9.10. The van der Waals surface area contributed by atoms with Gasteiger partial charge in [0.25, 0.3) is 0 Å². The second-order valence-corrected chi connectivity index (χ2v) is 7.35. The molecular formula is C23H21N5S. The van der Waals surface area contributed by atoms with Crippen LogP contribution in [0.25, 0.3) is 11.1 Å². The Kier molecular flexibility index (Phi) is 6.39. The maximum atomic E-state index is 9.91. The fourth-order valence-electron chi connectivity index (χ4n) is 3.19. The van der Waals surface area contributed by atoms with Gasteiger partial charge >= 0.3 is 0 Å². The van der Waals surface area contributed by atoms with E-state index in [1.807, 2.05) is 54.6 Å². The van der Waals surface area contributed by atoms with Gasteiger partial charge in [-0.3, -0.25) is 0 Å². The van der Waals surface area contributed by atoms with E-state index >= 15 is 0 Å². The van der Waals surface area contributed by atoms with Gasteiger partial charge in [0.15, 0.2) is 0 Å².